The fraction of sp³-hybridized carbons (Fsp3) is 0.500. The molecule has 92 valence electrons. The summed E-state index contributed by atoms with van der Waals surface area (Å²) in [4.78, 5) is 4.39. The molecule has 1 aromatic rings. The summed E-state index contributed by atoms with van der Waals surface area (Å²) in [7, 11) is 0. The van der Waals surface area contributed by atoms with Crippen molar-refractivity contribution < 1.29 is 0 Å². The first kappa shape index (κ1) is 12.8. The zero-order valence-corrected chi connectivity index (χ0v) is 12.0. The minimum Gasteiger partial charge on any atom is -0.310 e. The number of hydrogen-bond donors (Lipinski definition) is 1. The third-order valence-electron chi connectivity index (χ3n) is 3.00. The molecule has 0 atom stereocenters. The van der Waals surface area contributed by atoms with Gasteiger partial charge in [0.25, 0.3) is 0 Å². The molecule has 1 aliphatic rings. The van der Waals surface area contributed by atoms with Crippen molar-refractivity contribution in [3.63, 3.8) is 0 Å². The van der Waals surface area contributed by atoms with Gasteiger partial charge in [0.1, 0.15) is 0 Å². The lowest BCUT2D eigenvalue weighted by Crippen LogP contribution is -2.21. The van der Waals surface area contributed by atoms with Crippen LogP contribution in [0.1, 0.15) is 32.4 Å². The summed E-state index contributed by atoms with van der Waals surface area (Å²) in [6.45, 7) is 5.46. The van der Waals surface area contributed by atoms with Crippen molar-refractivity contribution in [3.8, 4) is 0 Å². The van der Waals surface area contributed by atoms with Crippen LogP contribution in [0.4, 0.5) is 0 Å². The summed E-state index contributed by atoms with van der Waals surface area (Å²) in [6.07, 6.45) is 6.72. The highest BCUT2D eigenvalue weighted by Crippen LogP contribution is 2.20. The minimum atomic E-state index is 0.562. The van der Waals surface area contributed by atoms with Gasteiger partial charge in [0.05, 0.1) is 5.69 Å². The number of halogens is 1. The zero-order chi connectivity index (χ0) is 12.3. The topological polar surface area (TPSA) is 24.9 Å². The molecule has 2 rings (SSSR count). The van der Waals surface area contributed by atoms with Gasteiger partial charge in [-0.2, -0.15) is 0 Å². The highest BCUT2D eigenvalue weighted by molar-refractivity contribution is 9.10. The SMILES string of the molecule is CC(C)/C(=C/c1ccc(Br)cn1)CNC1CC1. The van der Waals surface area contributed by atoms with Crippen LogP contribution < -0.4 is 5.32 Å². The van der Waals surface area contributed by atoms with Crippen LogP contribution in [-0.2, 0) is 0 Å². The molecule has 0 spiro atoms. The quantitative estimate of drug-likeness (QED) is 0.897. The first-order valence-corrected chi connectivity index (χ1v) is 7.00. The summed E-state index contributed by atoms with van der Waals surface area (Å²) in [5.41, 5.74) is 2.46. The smallest absolute Gasteiger partial charge is 0.0630 e. The average molecular weight is 295 g/mol. The van der Waals surface area contributed by atoms with Crippen LogP contribution >= 0.6 is 15.9 Å². The van der Waals surface area contributed by atoms with Crippen molar-refractivity contribution in [2.75, 3.05) is 6.54 Å². The van der Waals surface area contributed by atoms with Gasteiger partial charge < -0.3 is 5.32 Å². The first-order chi connectivity index (χ1) is 8.15. The molecule has 1 saturated carbocycles. The number of nitrogens with one attached hydrogen (secondary N) is 1. The van der Waals surface area contributed by atoms with Crippen LogP contribution in [0, 0.1) is 5.92 Å². The van der Waals surface area contributed by atoms with Crippen LogP contribution in [0.2, 0.25) is 0 Å². The molecule has 0 unspecified atom stereocenters. The summed E-state index contributed by atoms with van der Waals surface area (Å²) in [5, 5.41) is 3.56. The Bertz CT molecular complexity index is 391. The van der Waals surface area contributed by atoms with Gasteiger partial charge in [-0.25, -0.2) is 0 Å². The maximum Gasteiger partial charge on any atom is 0.0630 e. The summed E-state index contributed by atoms with van der Waals surface area (Å²) >= 11 is 3.40. The maximum absolute atomic E-state index is 4.39. The van der Waals surface area contributed by atoms with E-state index in [4.69, 9.17) is 0 Å². The maximum atomic E-state index is 4.39. The highest BCUT2D eigenvalue weighted by atomic mass is 79.9. The molecule has 0 radical (unpaired) electrons. The first-order valence-electron chi connectivity index (χ1n) is 6.20. The summed E-state index contributed by atoms with van der Waals surface area (Å²) in [6, 6.07) is 4.84. The monoisotopic (exact) mass is 294 g/mol. The van der Waals surface area contributed by atoms with E-state index in [1.54, 1.807) is 0 Å². The summed E-state index contributed by atoms with van der Waals surface area (Å²) < 4.78 is 1.02. The lowest BCUT2D eigenvalue weighted by Gasteiger charge is -2.12. The van der Waals surface area contributed by atoms with Crippen LogP contribution in [0.15, 0.2) is 28.4 Å². The van der Waals surface area contributed by atoms with Gasteiger partial charge in [-0.3, -0.25) is 4.98 Å². The summed E-state index contributed by atoms with van der Waals surface area (Å²) in [5.74, 6) is 0.562. The van der Waals surface area contributed by atoms with Crippen LogP contribution in [0.3, 0.4) is 0 Å². The molecule has 3 heteroatoms. The van der Waals surface area contributed by atoms with Crippen LogP contribution in [0.25, 0.3) is 6.08 Å². The number of aromatic nitrogens is 1. The minimum absolute atomic E-state index is 0.562. The molecule has 1 aromatic heterocycles. The Hall–Kier alpha value is -0.670. The molecule has 0 saturated heterocycles. The van der Waals surface area contributed by atoms with E-state index in [2.05, 4.69) is 46.2 Å². The van der Waals surface area contributed by atoms with E-state index in [0.717, 1.165) is 22.8 Å². The van der Waals surface area contributed by atoms with Crippen molar-refractivity contribution in [2.24, 2.45) is 5.92 Å². The lowest BCUT2D eigenvalue weighted by atomic mass is 10.0. The second-order valence-corrected chi connectivity index (χ2v) is 5.85. The second-order valence-electron chi connectivity index (χ2n) is 4.93. The molecule has 17 heavy (non-hydrogen) atoms. The molecule has 0 aliphatic heterocycles. The van der Waals surface area contributed by atoms with E-state index in [1.165, 1.54) is 18.4 Å². The zero-order valence-electron chi connectivity index (χ0n) is 10.4. The molecule has 1 heterocycles. The third kappa shape index (κ3) is 4.25. The standard InChI is InChI=1S/C14H19BrN2/c1-10(2)11(8-16-13-5-6-13)7-14-4-3-12(15)9-17-14/h3-4,7,9-10,13,16H,5-6,8H2,1-2H3/b11-7+. The molecule has 1 N–H and O–H groups in total. The normalized spacial score (nSPS) is 16.6. The third-order valence-corrected chi connectivity index (χ3v) is 3.47. The lowest BCUT2D eigenvalue weighted by molar-refractivity contribution is 0.662. The van der Waals surface area contributed by atoms with Crippen molar-refractivity contribution in [1.29, 1.82) is 0 Å². The molecule has 0 amide bonds. The molecule has 1 aliphatic carbocycles. The van der Waals surface area contributed by atoms with Crippen molar-refractivity contribution in [3.05, 3.63) is 34.1 Å². The van der Waals surface area contributed by atoms with Gasteiger partial charge >= 0.3 is 0 Å². The molecule has 0 bridgehead atoms. The number of pyridine rings is 1. The molecule has 2 nitrogen and oxygen atoms in total. The Morgan fingerprint density at radius 2 is 2.29 bits per heavy atom. The average Bonchev–Trinajstić information content (AvgIpc) is 3.10. The Labute approximate surface area is 112 Å². The van der Waals surface area contributed by atoms with Crippen molar-refractivity contribution >= 4 is 22.0 Å². The van der Waals surface area contributed by atoms with Gasteiger partial charge in [0.15, 0.2) is 0 Å². The van der Waals surface area contributed by atoms with E-state index in [-0.39, 0.29) is 0 Å². The fourth-order valence-electron chi connectivity index (χ4n) is 1.63. The Kier molecular flexibility index (Phi) is 4.35. The Balaban J connectivity index is 2.04. The second kappa shape index (κ2) is 5.78. The van der Waals surface area contributed by atoms with Gasteiger partial charge in [-0.05, 0) is 52.9 Å². The molecule has 1 fully saturated rings. The van der Waals surface area contributed by atoms with Crippen molar-refractivity contribution in [2.45, 2.75) is 32.7 Å². The predicted octanol–water partition coefficient (Wildman–Crippen LogP) is 3.64. The molecular weight excluding hydrogens is 276 g/mol. The predicted molar refractivity (Wildman–Crippen MR) is 75.8 cm³/mol. The largest absolute Gasteiger partial charge is 0.310 e. The van der Waals surface area contributed by atoms with Gasteiger partial charge in [0, 0.05) is 23.3 Å². The van der Waals surface area contributed by atoms with Gasteiger partial charge in [-0.1, -0.05) is 19.4 Å². The van der Waals surface area contributed by atoms with E-state index in [0.29, 0.717) is 5.92 Å². The number of rotatable bonds is 5. The molecular formula is C14H19BrN2. The van der Waals surface area contributed by atoms with E-state index < -0.39 is 0 Å². The Morgan fingerprint density at radius 1 is 1.53 bits per heavy atom. The fourth-order valence-corrected chi connectivity index (χ4v) is 1.87. The van der Waals surface area contributed by atoms with E-state index in [1.807, 2.05) is 18.3 Å². The van der Waals surface area contributed by atoms with Gasteiger partial charge in [-0.15, -0.1) is 0 Å². The number of nitrogens with zero attached hydrogens (tertiary/aromatic N) is 1. The van der Waals surface area contributed by atoms with E-state index >= 15 is 0 Å². The van der Waals surface area contributed by atoms with Crippen LogP contribution in [0.5, 0.6) is 0 Å². The highest BCUT2D eigenvalue weighted by Gasteiger charge is 2.20. The van der Waals surface area contributed by atoms with Crippen molar-refractivity contribution in [1.82, 2.24) is 10.3 Å². The Morgan fingerprint density at radius 3 is 2.82 bits per heavy atom. The van der Waals surface area contributed by atoms with E-state index in [9.17, 15) is 0 Å². The number of hydrogen-bond acceptors (Lipinski definition) is 2. The van der Waals surface area contributed by atoms with Crippen LogP contribution in [-0.4, -0.2) is 17.6 Å². The van der Waals surface area contributed by atoms with Gasteiger partial charge in [0.2, 0.25) is 0 Å². The molecule has 0 aromatic carbocycles.